The second-order valence-electron chi connectivity index (χ2n) is 11.3. The number of hydrogen-bond donors (Lipinski definition) is 2. The first kappa shape index (κ1) is 27.8. The fourth-order valence-corrected chi connectivity index (χ4v) is 7.45. The van der Waals surface area contributed by atoms with Gasteiger partial charge in [-0.05, 0) is 104 Å². The molecule has 3 aliphatic carbocycles. The zero-order valence-corrected chi connectivity index (χ0v) is 22.5. The van der Waals surface area contributed by atoms with E-state index in [4.69, 9.17) is 18.9 Å². The molecule has 204 valence electrons. The Hall–Kier alpha value is -1.18. The number of ether oxygens (including phenoxy) is 4. The number of unbranched alkanes of at least 4 members (excludes halogenated alkanes) is 1. The Morgan fingerprint density at radius 1 is 0.889 bits per heavy atom. The molecule has 0 aromatic heterocycles. The van der Waals surface area contributed by atoms with E-state index in [0.717, 1.165) is 58.2 Å². The molecule has 1 aromatic carbocycles. The Morgan fingerprint density at radius 3 is 2.31 bits per heavy atom. The van der Waals surface area contributed by atoms with Crippen LogP contribution < -0.4 is 0 Å². The van der Waals surface area contributed by atoms with Gasteiger partial charge in [0.05, 0.1) is 45.7 Å². The van der Waals surface area contributed by atoms with E-state index in [2.05, 4.69) is 13.0 Å². The van der Waals surface area contributed by atoms with Crippen LogP contribution in [0.15, 0.2) is 18.2 Å². The maximum Gasteiger partial charge on any atom is 0.115 e. The molecule has 36 heavy (non-hydrogen) atoms. The topological polar surface area (TPSA) is 77.4 Å². The lowest BCUT2D eigenvalue weighted by atomic mass is 9.52. The minimum Gasteiger partial charge on any atom is -0.508 e. The van der Waals surface area contributed by atoms with Gasteiger partial charge in [0.15, 0.2) is 0 Å². The number of aliphatic hydroxyl groups excluding tert-OH is 1. The molecular formula is C30H48O6. The van der Waals surface area contributed by atoms with Crippen LogP contribution in [0.4, 0.5) is 0 Å². The van der Waals surface area contributed by atoms with Crippen molar-refractivity contribution in [3.05, 3.63) is 29.3 Å². The molecule has 1 aromatic rings. The molecule has 0 heterocycles. The van der Waals surface area contributed by atoms with Gasteiger partial charge in [-0.3, -0.25) is 0 Å². The number of benzene rings is 1. The summed E-state index contributed by atoms with van der Waals surface area (Å²) < 4.78 is 22.0. The van der Waals surface area contributed by atoms with E-state index in [0.29, 0.717) is 69.1 Å². The Bertz CT molecular complexity index is 800. The molecule has 3 aliphatic rings. The average Bonchev–Trinajstić information content (AvgIpc) is 3.18. The zero-order chi connectivity index (χ0) is 25.4. The summed E-state index contributed by atoms with van der Waals surface area (Å²) in [7, 11) is 0. The predicted molar refractivity (Wildman–Crippen MR) is 140 cm³/mol. The minimum absolute atomic E-state index is 0.0747. The third-order valence-electron chi connectivity index (χ3n) is 9.27. The van der Waals surface area contributed by atoms with Crippen molar-refractivity contribution in [1.82, 2.24) is 0 Å². The van der Waals surface area contributed by atoms with Crippen LogP contribution in [-0.2, 0) is 25.4 Å². The van der Waals surface area contributed by atoms with Gasteiger partial charge < -0.3 is 29.2 Å². The van der Waals surface area contributed by atoms with Gasteiger partial charge in [0.2, 0.25) is 0 Å². The lowest BCUT2D eigenvalue weighted by molar-refractivity contribution is -0.0399. The largest absolute Gasteiger partial charge is 0.508 e. The summed E-state index contributed by atoms with van der Waals surface area (Å²) >= 11 is 0. The van der Waals surface area contributed by atoms with Crippen molar-refractivity contribution < 1.29 is 29.2 Å². The molecule has 6 nitrogen and oxygen atoms in total. The van der Waals surface area contributed by atoms with Crippen molar-refractivity contribution in [2.75, 3.05) is 52.9 Å². The molecule has 2 saturated carbocycles. The lowest BCUT2D eigenvalue weighted by Crippen LogP contribution is -2.47. The standard InChI is InChI=1S/C30H48O6/c1-3-33-14-15-35-18-19-36-17-16-34-13-5-4-6-22-20-23-21-24(31)7-8-25(23)26-11-12-30(2)27(29(22)26)9-10-28(30)32/h7-8,21-22,26-29,31-32H,3-6,9-20H2,1-2H3/t22-,26-,27+,28+,29-,30+/m1/s1. The van der Waals surface area contributed by atoms with Crippen LogP contribution in [0.2, 0.25) is 0 Å². The van der Waals surface area contributed by atoms with Gasteiger partial charge in [-0.1, -0.05) is 19.4 Å². The maximum atomic E-state index is 10.8. The van der Waals surface area contributed by atoms with Crippen LogP contribution in [0.1, 0.15) is 75.8 Å². The van der Waals surface area contributed by atoms with E-state index in [-0.39, 0.29) is 11.5 Å². The highest BCUT2D eigenvalue weighted by atomic mass is 16.6. The van der Waals surface area contributed by atoms with Crippen LogP contribution in [0.5, 0.6) is 5.75 Å². The van der Waals surface area contributed by atoms with E-state index in [1.54, 1.807) is 0 Å². The quantitative estimate of drug-likeness (QED) is 0.324. The lowest BCUT2D eigenvalue weighted by Gasteiger charge is -2.53. The first-order valence-electron chi connectivity index (χ1n) is 14.4. The average molecular weight is 505 g/mol. The number of phenolic OH excluding ortho intramolecular Hbond substituents is 1. The fraction of sp³-hybridized carbons (Fsp3) is 0.800. The van der Waals surface area contributed by atoms with Crippen LogP contribution >= 0.6 is 0 Å². The van der Waals surface area contributed by atoms with Crippen molar-refractivity contribution in [2.45, 2.75) is 77.2 Å². The first-order chi connectivity index (χ1) is 17.5. The molecule has 0 spiro atoms. The molecular weight excluding hydrogens is 456 g/mol. The van der Waals surface area contributed by atoms with Gasteiger partial charge in [-0.25, -0.2) is 0 Å². The van der Waals surface area contributed by atoms with Gasteiger partial charge in [-0.2, -0.15) is 0 Å². The van der Waals surface area contributed by atoms with Crippen molar-refractivity contribution >= 4 is 0 Å². The molecule has 0 saturated heterocycles. The number of hydrogen-bond acceptors (Lipinski definition) is 6. The van der Waals surface area contributed by atoms with Crippen molar-refractivity contribution in [2.24, 2.45) is 23.2 Å². The first-order valence-corrected chi connectivity index (χ1v) is 14.4. The number of fused-ring (bicyclic) bond motifs is 5. The van der Waals surface area contributed by atoms with Crippen LogP contribution in [0.3, 0.4) is 0 Å². The molecule has 6 atom stereocenters. The van der Waals surface area contributed by atoms with Crippen molar-refractivity contribution in [3.63, 3.8) is 0 Å². The Balaban J connectivity index is 1.19. The highest BCUT2D eigenvalue weighted by molar-refractivity contribution is 5.40. The zero-order valence-electron chi connectivity index (χ0n) is 22.5. The monoisotopic (exact) mass is 504 g/mol. The predicted octanol–water partition coefficient (Wildman–Crippen LogP) is 5.09. The summed E-state index contributed by atoms with van der Waals surface area (Å²) in [6.45, 7) is 9.48. The third kappa shape index (κ3) is 6.63. The number of aliphatic hydroxyl groups is 1. The van der Waals surface area contributed by atoms with E-state index in [1.807, 2.05) is 19.1 Å². The molecule has 0 bridgehead atoms. The highest BCUT2D eigenvalue weighted by Crippen LogP contribution is 2.62. The van der Waals surface area contributed by atoms with Crippen LogP contribution in [0.25, 0.3) is 0 Å². The van der Waals surface area contributed by atoms with Crippen molar-refractivity contribution in [1.29, 1.82) is 0 Å². The number of rotatable bonds is 15. The Labute approximate surface area is 217 Å². The van der Waals surface area contributed by atoms with Crippen LogP contribution in [-0.4, -0.2) is 69.2 Å². The Morgan fingerprint density at radius 2 is 1.58 bits per heavy atom. The van der Waals surface area contributed by atoms with Gasteiger partial charge in [0.1, 0.15) is 5.75 Å². The normalized spacial score (nSPS) is 31.1. The molecule has 6 heteroatoms. The van der Waals surface area contributed by atoms with Gasteiger partial charge in [-0.15, -0.1) is 0 Å². The summed E-state index contributed by atoms with van der Waals surface area (Å²) in [6.07, 6.45) is 8.69. The minimum atomic E-state index is -0.150. The molecule has 4 rings (SSSR count). The van der Waals surface area contributed by atoms with E-state index >= 15 is 0 Å². The van der Waals surface area contributed by atoms with E-state index in [9.17, 15) is 10.2 Å². The molecule has 0 unspecified atom stereocenters. The summed E-state index contributed by atoms with van der Waals surface area (Å²) in [4.78, 5) is 0. The fourth-order valence-electron chi connectivity index (χ4n) is 7.45. The summed E-state index contributed by atoms with van der Waals surface area (Å²) in [5.41, 5.74) is 2.88. The van der Waals surface area contributed by atoms with Crippen LogP contribution in [0, 0.1) is 23.2 Å². The SMILES string of the molecule is CCOCCOCCOCCOCCCC[C@@H]1Cc2cc(O)ccc2[C@H]2CC[C@]3(C)[C@@H](O)CC[C@H]3[C@H]12. The van der Waals surface area contributed by atoms with Gasteiger partial charge in [0.25, 0.3) is 0 Å². The molecule has 0 aliphatic heterocycles. The molecule has 2 N–H and O–H groups in total. The van der Waals surface area contributed by atoms with E-state index < -0.39 is 0 Å². The van der Waals surface area contributed by atoms with Gasteiger partial charge >= 0.3 is 0 Å². The van der Waals surface area contributed by atoms with E-state index in [1.165, 1.54) is 17.5 Å². The molecule has 0 radical (unpaired) electrons. The highest BCUT2D eigenvalue weighted by Gasteiger charge is 2.56. The summed E-state index contributed by atoms with van der Waals surface area (Å²) in [6, 6.07) is 6.04. The molecule has 0 amide bonds. The third-order valence-corrected chi connectivity index (χ3v) is 9.27. The maximum absolute atomic E-state index is 10.8. The number of phenols is 1. The number of aromatic hydroxyl groups is 1. The Kier molecular flexibility index (Phi) is 10.5. The summed E-state index contributed by atoms with van der Waals surface area (Å²) in [5, 5.41) is 21.0. The second-order valence-corrected chi connectivity index (χ2v) is 11.3. The van der Waals surface area contributed by atoms with Gasteiger partial charge in [0, 0.05) is 13.2 Å². The molecule has 2 fully saturated rings. The smallest absolute Gasteiger partial charge is 0.115 e. The summed E-state index contributed by atoms with van der Waals surface area (Å²) in [5.74, 6) is 2.82. The second kappa shape index (κ2) is 13.6. The van der Waals surface area contributed by atoms with Crippen molar-refractivity contribution in [3.8, 4) is 5.75 Å².